The third kappa shape index (κ3) is 6.24. The van der Waals surface area contributed by atoms with Crippen molar-refractivity contribution in [2.75, 3.05) is 5.75 Å². The van der Waals surface area contributed by atoms with Crippen molar-refractivity contribution >= 4 is 34.7 Å². The predicted octanol–water partition coefficient (Wildman–Crippen LogP) is 1.95. The second-order valence-corrected chi connectivity index (χ2v) is 6.92. The molecule has 2 amide bonds. The second-order valence-electron chi connectivity index (χ2n) is 5.93. The van der Waals surface area contributed by atoms with Crippen LogP contribution in [-0.2, 0) is 9.59 Å². The van der Waals surface area contributed by atoms with Gasteiger partial charge >= 0.3 is 5.97 Å². The first kappa shape index (κ1) is 21.2. The van der Waals surface area contributed by atoms with E-state index in [1.54, 1.807) is 60.7 Å². The summed E-state index contributed by atoms with van der Waals surface area (Å²) in [5.41, 5.74) is 0.825. The Balaban J connectivity index is 2.08. The summed E-state index contributed by atoms with van der Waals surface area (Å²) in [7, 11) is 0. The Morgan fingerprint density at radius 1 is 0.893 bits per heavy atom. The Morgan fingerprint density at radius 3 is 1.96 bits per heavy atom. The number of amides is 2. The Labute approximate surface area is 166 Å². The highest BCUT2D eigenvalue weighted by Crippen LogP contribution is 2.14. The van der Waals surface area contributed by atoms with Crippen LogP contribution in [0.2, 0.25) is 0 Å². The molecule has 0 spiro atoms. The number of benzene rings is 2. The fourth-order valence-electron chi connectivity index (χ4n) is 2.21. The third-order valence-electron chi connectivity index (χ3n) is 3.78. The van der Waals surface area contributed by atoms with E-state index in [1.165, 1.54) is 6.92 Å². The molecule has 0 saturated carbocycles. The van der Waals surface area contributed by atoms with Crippen LogP contribution in [0.25, 0.3) is 0 Å². The first-order chi connectivity index (χ1) is 13.4. The van der Waals surface area contributed by atoms with Crippen molar-refractivity contribution in [3.05, 3.63) is 71.8 Å². The van der Waals surface area contributed by atoms with Gasteiger partial charge in [0.15, 0.2) is 0 Å². The largest absolute Gasteiger partial charge is 0.480 e. The lowest BCUT2D eigenvalue weighted by Gasteiger charge is -2.19. The van der Waals surface area contributed by atoms with Gasteiger partial charge in [-0.05, 0) is 19.1 Å². The normalized spacial score (nSPS) is 12.5. The molecule has 0 radical (unpaired) electrons. The molecule has 2 aromatic rings. The summed E-state index contributed by atoms with van der Waals surface area (Å²) in [6, 6.07) is 14.6. The molecule has 0 bridgehead atoms. The van der Waals surface area contributed by atoms with Crippen LogP contribution < -0.4 is 10.6 Å². The van der Waals surface area contributed by atoms with E-state index in [4.69, 9.17) is 5.11 Å². The number of aliphatic carboxylic acids is 1. The molecule has 3 N–H and O–H groups in total. The van der Waals surface area contributed by atoms with Crippen LogP contribution in [0, 0.1) is 0 Å². The summed E-state index contributed by atoms with van der Waals surface area (Å²) in [5.74, 6) is -2.40. The fraction of sp³-hybridized carbons (Fsp3) is 0.200. The number of hydrogen-bond acceptors (Lipinski definition) is 5. The lowest BCUT2D eigenvalue weighted by molar-refractivity contribution is -0.141. The zero-order chi connectivity index (χ0) is 20.5. The van der Waals surface area contributed by atoms with E-state index in [-0.39, 0.29) is 10.9 Å². The zero-order valence-corrected chi connectivity index (χ0v) is 15.9. The Hall–Kier alpha value is -3.13. The molecule has 0 saturated heterocycles. The second kappa shape index (κ2) is 10.3. The summed E-state index contributed by atoms with van der Waals surface area (Å²) < 4.78 is 0. The van der Waals surface area contributed by atoms with Crippen molar-refractivity contribution < 1.29 is 24.3 Å². The average Bonchev–Trinajstić information content (AvgIpc) is 2.71. The topological polar surface area (TPSA) is 113 Å². The highest BCUT2D eigenvalue weighted by Gasteiger charge is 2.25. The van der Waals surface area contributed by atoms with E-state index in [0.717, 1.165) is 11.8 Å². The van der Waals surface area contributed by atoms with E-state index < -0.39 is 29.9 Å². The van der Waals surface area contributed by atoms with Crippen molar-refractivity contribution in [2.24, 2.45) is 0 Å². The van der Waals surface area contributed by atoms with Gasteiger partial charge in [0.05, 0.1) is 0 Å². The smallest absolute Gasteiger partial charge is 0.325 e. The standard InChI is InChI=1S/C20H20N2O5S/c1-13(19(25)26)21-18(24)16(22-17(23)14-8-4-2-5-9-14)12-28-20(27)15-10-6-3-7-11-15/h2-11,13,16H,12H2,1H3,(H,21,24)(H,22,23)(H,25,26)/t13-,16+/m1/s1. The molecule has 0 aromatic heterocycles. The summed E-state index contributed by atoms with van der Waals surface area (Å²) in [6.07, 6.45) is 0. The maximum absolute atomic E-state index is 12.5. The lowest BCUT2D eigenvalue weighted by atomic mass is 10.2. The van der Waals surface area contributed by atoms with Gasteiger partial charge in [-0.1, -0.05) is 60.3 Å². The molecule has 0 unspecified atom stereocenters. The van der Waals surface area contributed by atoms with Crippen LogP contribution in [0.5, 0.6) is 0 Å². The van der Waals surface area contributed by atoms with Gasteiger partial charge < -0.3 is 15.7 Å². The van der Waals surface area contributed by atoms with Crippen LogP contribution in [0.1, 0.15) is 27.6 Å². The van der Waals surface area contributed by atoms with Crippen LogP contribution in [0.15, 0.2) is 60.7 Å². The summed E-state index contributed by atoms with van der Waals surface area (Å²) in [5, 5.41) is 13.6. The van der Waals surface area contributed by atoms with Gasteiger partial charge in [0.1, 0.15) is 12.1 Å². The van der Waals surface area contributed by atoms with Crippen molar-refractivity contribution in [3.63, 3.8) is 0 Å². The predicted molar refractivity (Wildman–Crippen MR) is 106 cm³/mol. The minimum atomic E-state index is -1.20. The Morgan fingerprint density at radius 2 is 1.43 bits per heavy atom. The fourth-order valence-corrected chi connectivity index (χ4v) is 3.06. The molecule has 2 atom stereocenters. The molecule has 2 rings (SSSR count). The monoisotopic (exact) mass is 400 g/mol. The summed E-state index contributed by atoms with van der Waals surface area (Å²) in [4.78, 5) is 48.1. The lowest BCUT2D eigenvalue weighted by Crippen LogP contribution is -2.52. The third-order valence-corrected chi connectivity index (χ3v) is 4.78. The van der Waals surface area contributed by atoms with Gasteiger partial charge in [-0.2, -0.15) is 0 Å². The first-order valence-electron chi connectivity index (χ1n) is 8.49. The minimum absolute atomic E-state index is 0.0372. The average molecular weight is 400 g/mol. The van der Waals surface area contributed by atoms with Gasteiger partial charge in [0.25, 0.3) is 5.91 Å². The Kier molecular flexibility index (Phi) is 7.76. The molecule has 0 fully saturated rings. The quantitative estimate of drug-likeness (QED) is 0.624. The van der Waals surface area contributed by atoms with Crippen LogP contribution >= 0.6 is 11.8 Å². The van der Waals surface area contributed by atoms with Gasteiger partial charge in [0, 0.05) is 16.9 Å². The molecule has 0 heterocycles. The molecular weight excluding hydrogens is 380 g/mol. The zero-order valence-electron chi connectivity index (χ0n) is 15.1. The number of nitrogens with one attached hydrogen (secondary N) is 2. The molecule has 2 aromatic carbocycles. The van der Waals surface area contributed by atoms with Crippen LogP contribution in [0.3, 0.4) is 0 Å². The van der Waals surface area contributed by atoms with E-state index in [9.17, 15) is 19.2 Å². The van der Waals surface area contributed by atoms with E-state index in [2.05, 4.69) is 10.6 Å². The van der Waals surface area contributed by atoms with Crippen molar-refractivity contribution in [3.8, 4) is 0 Å². The highest BCUT2D eigenvalue weighted by atomic mass is 32.2. The number of carboxylic acid groups (broad SMARTS) is 1. The maximum atomic E-state index is 12.5. The van der Waals surface area contributed by atoms with Crippen molar-refractivity contribution in [1.29, 1.82) is 0 Å². The maximum Gasteiger partial charge on any atom is 0.325 e. The molecular formula is C20H20N2O5S. The highest BCUT2D eigenvalue weighted by molar-refractivity contribution is 8.14. The van der Waals surface area contributed by atoms with Crippen molar-refractivity contribution in [2.45, 2.75) is 19.0 Å². The van der Waals surface area contributed by atoms with Crippen molar-refractivity contribution in [1.82, 2.24) is 10.6 Å². The van der Waals surface area contributed by atoms with E-state index >= 15 is 0 Å². The molecule has 146 valence electrons. The van der Waals surface area contributed by atoms with Crippen LogP contribution in [0.4, 0.5) is 0 Å². The Bertz CT molecular complexity index is 842. The van der Waals surface area contributed by atoms with E-state index in [1.807, 2.05) is 0 Å². The number of carbonyl (C=O) groups excluding carboxylic acids is 3. The molecule has 0 aliphatic heterocycles. The van der Waals surface area contributed by atoms with Gasteiger partial charge in [-0.3, -0.25) is 19.2 Å². The first-order valence-corrected chi connectivity index (χ1v) is 9.48. The number of rotatable bonds is 8. The van der Waals surface area contributed by atoms with E-state index in [0.29, 0.717) is 11.1 Å². The van der Waals surface area contributed by atoms with Gasteiger partial charge in [-0.15, -0.1) is 0 Å². The van der Waals surface area contributed by atoms with Gasteiger partial charge in [0.2, 0.25) is 11.0 Å². The minimum Gasteiger partial charge on any atom is -0.480 e. The SMILES string of the molecule is C[C@@H](NC(=O)[C@H](CSC(=O)c1ccccc1)NC(=O)c1ccccc1)C(=O)O. The molecule has 28 heavy (non-hydrogen) atoms. The molecule has 8 heteroatoms. The molecule has 0 aliphatic carbocycles. The summed E-state index contributed by atoms with van der Waals surface area (Å²) >= 11 is 0.877. The molecule has 0 aliphatic rings. The number of carbonyl (C=O) groups is 4. The number of hydrogen-bond donors (Lipinski definition) is 3. The molecule has 7 nitrogen and oxygen atoms in total. The number of carboxylic acids is 1. The number of thioether (sulfide) groups is 1. The van der Waals surface area contributed by atoms with Crippen LogP contribution in [-0.4, -0.2) is 45.8 Å². The van der Waals surface area contributed by atoms with Gasteiger partial charge in [-0.25, -0.2) is 0 Å². The summed E-state index contributed by atoms with van der Waals surface area (Å²) in [6.45, 7) is 1.32.